The number of amides is 1. The zero-order valence-corrected chi connectivity index (χ0v) is 8.01. The molecule has 2 aliphatic rings. The monoisotopic (exact) mass is 184 g/mol. The van der Waals surface area contributed by atoms with Gasteiger partial charge in [-0.05, 0) is 25.7 Å². The van der Waals surface area contributed by atoms with Crippen molar-refractivity contribution in [3.05, 3.63) is 0 Å². The van der Waals surface area contributed by atoms with E-state index in [1.165, 1.54) is 32.8 Å². The lowest BCUT2D eigenvalue weighted by Gasteiger charge is -2.58. The standard InChI is InChI=1S/C9H16N2O2/c1-13-10-8(12)7-11-6-5-9(11)3-2-4-9/h2-7H2,1H3,(H,10,12). The summed E-state index contributed by atoms with van der Waals surface area (Å²) in [7, 11) is 1.47. The first-order chi connectivity index (χ1) is 6.27. The Labute approximate surface area is 78.2 Å². The Balaban J connectivity index is 1.79. The number of nitrogens with one attached hydrogen (secondary N) is 1. The molecule has 1 heterocycles. The Morgan fingerprint density at radius 2 is 2.31 bits per heavy atom. The summed E-state index contributed by atoms with van der Waals surface area (Å²) in [6.45, 7) is 1.56. The fourth-order valence-corrected chi connectivity index (χ4v) is 2.30. The average Bonchev–Trinajstić information content (AvgIpc) is 1.96. The summed E-state index contributed by atoms with van der Waals surface area (Å²) in [6, 6.07) is 0. The number of rotatable bonds is 3. The zero-order chi connectivity index (χ0) is 9.31. The molecule has 0 bridgehead atoms. The third-order valence-electron chi connectivity index (χ3n) is 3.35. The quantitative estimate of drug-likeness (QED) is 0.641. The predicted molar refractivity (Wildman–Crippen MR) is 47.9 cm³/mol. The second-order valence-corrected chi connectivity index (χ2v) is 3.98. The van der Waals surface area contributed by atoms with Gasteiger partial charge >= 0.3 is 0 Å². The van der Waals surface area contributed by atoms with Crippen LogP contribution in [-0.2, 0) is 9.63 Å². The van der Waals surface area contributed by atoms with Crippen molar-refractivity contribution in [3.8, 4) is 0 Å². The highest BCUT2D eigenvalue weighted by atomic mass is 16.6. The van der Waals surface area contributed by atoms with E-state index < -0.39 is 0 Å². The molecule has 0 unspecified atom stereocenters. The zero-order valence-electron chi connectivity index (χ0n) is 8.01. The Bertz CT molecular complexity index is 208. The third kappa shape index (κ3) is 1.44. The van der Waals surface area contributed by atoms with Crippen molar-refractivity contribution in [2.45, 2.75) is 31.2 Å². The molecule has 2 fully saturated rings. The molecule has 0 atom stereocenters. The maximum absolute atomic E-state index is 11.2. The highest BCUT2D eigenvalue weighted by Crippen LogP contribution is 2.46. The second-order valence-electron chi connectivity index (χ2n) is 3.98. The lowest BCUT2D eigenvalue weighted by molar-refractivity contribution is -0.141. The fraction of sp³-hybridized carbons (Fsp3) is 0.889. The SMILES string of the molecule is CONC(=O)CN1CCC12CCC2. The molecular formula is C9H16N2O2. The number of nitrogens with zero attached hydrogens (tertiary/aromatic N) is 1. The van der Waals surface area contributed by atoms with Gasteiger partial charge in [-0.3, -0.25) is 14.5 Å². The molecule has 74 valence electrons. The molecule has 0 aromatic rings. The van der Waals surface area contributed by atoms with Crippen LogP contribution in [0.2, 0.25) is 0 Å². The number of hydrogen-bond acceptors (Lipinski definition) is 3. The average molecular weight is 184 g/mol. The van der Waals surface area contributed by atoms with Crippen LogP contribution < -0.4 is 5.48 Å². The Morgan fingerprint density at radius 3 is 2.69 bits per heavy atom. The summed E-state index contributed by atoms with van der Waals surface area (Å²) >= 11 is 0. The summed E-state index contributed by atoms with van der Waals surface area (Å²) in [5.41, 5.74) is 2.76. The normalized spacial score (nSPS) is 25.0. The molecule has 2 rings (SSSR count). The summed E-state index contributed by atoms with van der Waals surface area (Å²) in [5.74, 6) is -0.0338. The number of hydroxylamine groups is 1. The molecule has 0 aromatic carbocycles. The summed E-state index contributed by atoms with van der Waals surface area (Å²) in [4.78, 5) is 18.0. The second kappa shape index (κ2) is 3.27. The summed E-state index contributed by atoms with van der Waals surface area (Å²) in [6.07, 6.45) is 5.14. The van der Waals surface area contributed by atoms with Crippen molar-refractivity contribution < 1.29 is 9.63 Å². The van der Waals surface area contributed by atoms with Crippen molar-refractivity contribution in [3.63, 3.8) is 0 Å². The smallest absolute Gasteiger partial charge is 0.257 e. The number of carbonyl (C=O) groups is 1. The van der Waals surface area contributed by atoms with Crippen molar-refractivity contribution >= 4 is 5.91 Å². The fourth-order valence-electron chi connectivity index (χ4n) is 2.30. The van der Waals surface area contributed by atoms with E-state index in [4.69, 9.17) is 0 Å². The van der Waals surface area contributed by atoms with Crippen LogP contribution in [0.5, 0.6) is 0 Å². The molecule has 1 spiro atoms. The van der Waals surface area contributed by atoms with Crippen LogP contribution >= 0.6 is 0 Å². The first-order valence-electron chi connectivity index (χ1n) is 4.84. The van der Waals surface area contributed by atoms with Crippen LogP contribution in [0.25, 0.3) is 0 Å². The van der Waals surface area contributed by atoms with Gasteiger partial charge in [0.2, 0.25) is 0 Å². The molecule has 1 amide bonds. The van der Waals surface area contributed by atoms with Crippen molar-refractivity contribution in [2.75, 3.05) is 20.2 Å². The lowest BCUT2D eigenvalue weighted by atomic mass is 9.68. The summed E-state index contributed by atoms with van der Waals surface area (Å²) < 4.78 is 0. The van der Waals surface area contributed by atoms with Crippen molar-refractivity contribution in [2.24, 2.45) is 0 Å². The third-order valence-corrected chi connectivity index (χ3v) is 3.35. The van der Waals surface area contributed by atoms with E-state index in [-0.39, 0.29) is 5.91 Å². The molecule has 1 aliphatic carbocycles. The van der Waals surface area contributed by atoms with E-state index in [9.17, 15) is 4.79 Å². The molecule has 1 saturated carbocycles. The largest absolute Gasteiger partial charge is 0.289 e. The van der Waals surface area contributed by atoms with Gasteiger partial charge in [0.1, 0.15) is 0 Å². The van der Waals surface area contributed by atoms with Gasteiger partial charge in [-0.25, -0.2) is 5.48 Å². The van der Waals surface area contributed by atoms with Gasteiger partial charge in [0.05, 0.1) is 13.7 Å². The molecule has 0 aromatic heterocycles. The van der Waals surface area contributed by atoms with Gasteiger partial charge in [-0.2, -0.15) is 0 Å². The predicted octanol–water partition coefficient (Wildman–Crippen LogP) is 0.292. The van der Waals surface area contributed by atoms with E-state index in [0.717, 1.165) is 6.54 Å². The van der Waals surface area contributed by atoms with Crippen LogP contribution in [0, 0.1) is 0 Å². The minimum Gasteiger partial charge on any atom is -0.289 e. The van der Waals surface area contributed by atoms with Crippen LogP contribution in [0.15, 0.2) is 0 Å². The minimum atomic E-state index is -0.0338. The van der Waals surface area contributed by atoms with Gasteiger partial charge in [-0.15, -0.1) is 0 Å². The molecule has 0 radical (unpaired) electrons. The first kappa shape index (κ1) is 8.97. The van der Waals surface area contributed by atoms with Crippen molar-refractivity contribution in [1.82, 2.24) is 10.4 Å². The Morgan fingerprint density at radius 1 is 1.54 bits per heavy atom. The number of carbonyl (C=O) groups excluding carboxylic acids is 1. The number of likely N-dealkylation sites (tertiary alicyclic amines) is 1. The first-order valence-corrected chi connectivity index (χ1v) is 4.84. The Kier molecular flexibility index (Phi) is 2.26. The van der Waals surface area contributed by atoms with Crippen LogP contribution in [0.3, 0.4) is 0 Å². The summed E-state index contributed by atoms with van der Waals surface area (Å²) in [5, 5.41) is 0. The maximum atomic E-state index is 11.2. The molecule has 1 aliphatic heterocycles. The maximum Gasteiger partial charge on any atom is 0.257 e. The van der Waals surface area contributed by atoms with Crippen molar-refractivity contribution in [1.29, 1.82) is 0 Å². The minimum absolute atomic E-state index is 0.0338. The molecule has 4 nitrogen and oxygen atoms in total. The Hall–Kier alpha value is -0.610. The molecule has 1 N–H and O–H groups in total. The van der Waals surface area contributed by atoms with Gasteiger partial charge in [-0.1, -0.05) is 0 Å². The van der Waals surface area contributed by atoms with E-state index >= 15 is 0 Å². The van der Waals surface area contributed by atoms with E-state index in [2.05, 4.69) is 15.2 Å². The lowest BCUT2D eigenvalue weighted by Crippen LogP contribution is -2.65. The molecule has 1 saturated heterocycles. The van der Waals surface area contributed by atoms with Crippen LogP contribution in [-0.4, -0.2) is 36.5 Å². The topological polar surface area (TPSA) is 41.6 Å². The van der Waals surface area contributed by atoms with E-state index in [1.54, 1.807) is 0 Å². The highest BCUT2D eigenvalue weighted by Gasteiger charge is 2.49. The van der Waals surface area contributed by atoms with Gasteiger partial charge in [0.15, 0.2) is 0 Å². The highest BCUT2D eigenvalue weighted by molar-refractivity contribution is 5.77. The van der Waals surface area contributed by atoms with E-state index in [0.29, 0.717) is 12.1 Å². The number of hydrogen-bond donors (Lipinski definition) is 1. The van der Waals surface area contributed by atoms with Crippen LogP contribution in [0.1, 0.15) is 25.7 Å². The molecular weight excluding hydrogens is 168 g/mol. The molecule has 4 heteroatoms. The molecule has 13 heavy (non-hydrogen) atoms. The van der Waals surface area contributed by atoms with Gasteiger partial charge < -0.3 is 0 Å². The van der Waals surface area contributed by atoms with E-state index in [1.807, 2.05) is 0 Å². The van der Waals surface area contributed by atoms with Crippen LogP contribution in [0.4, 0.5) is 0 Å². The van der Waals surface area contributed by atoms with Gasteiger partial charge in [0, 0.05) is 12.1 Å². The van der Waals surface area contributed by atoms with Gasteiger partial charge in [0.25, 0.3) is 5.91 Å².